The lowest BCUT2D eigenvalue weighted by Gasteiger charge is -2.41. The fourth-order valence-corrected chi connectivity index (χ4v) is 6.62. The number of carbonyl (C=O) groups excluding carboxylic acids is 2. The summed E-state index contributed by atoms with van der Waals surface area (Å²) in [6.45, 7) is 8.33. The van der Waals surface area contributed by atoms with Gasteiger partial charge in [-0.15, -0.1) is 0 Å². The highest BCUT2D eigenvalue weighted by molar-refractivity contribution is 5.81. The highest BCUT2D eigenvalue weighted by Crippen LogP contribution is 2.35. The van der Waals surface area contributed by atoms with Crippen molar-refractivity contribution in [1.82, 2.24) is 29.1 Å². The molecule has 2 amide bonds. The highest BCUT2D eigenvalue weighted by atomic mass is 16.6. The second-order valence-electron chi connectivity index (χ2n) is 13.3. The Kier molecular flexibility index (Phi) is 8.84. The summed E-state index contributed by atoms with van der Waals surface area (Å²) in [5.74, 6) is 0.804. The van der Waals surface area contributed by atoms with Crippen molar-refractivity contribution in [2.45, 2.75) is 58.1 Å². The zero-order chi connectivity index (χ0) is 32.4. The first kappa shape index (κ1) is 31.3. The topological polar surface area (TPSA) is 112 Å². The molecule has 0 N–H and O–H groups in total. The van der Waals surface area contributed by atoms with E-state index in [2.05, 4.69) is 10.1 Å². The predicted molar refractivity (Wildman–Crippen MR) is 174 cm³/mol. The maximum absolute atomic E-state index is 14.0. The standard InChI is InChI=1S/C35H42N6O5/c1-35(2,3)46-34(44)39-19-16-28(30(22-39)25-8-6-5-7-9-25)32(42)38-17-14-24(15-18-38)21-40-23-36-31-29(33(40)43)20-37-41(31)26-10-12-27(45-4)13-11-26/h5-13,20,23-24,28,30H,14-19,21-22H2,1-4H3/t28-,30+/m1/s1. The fraction of sp³-hybridized carbons (Fsp3) is 0.457. The zero-order valence-electron chi connectivity index (χ0n) is 27.0. The SMILES string of the molecule is COc1ccc(-n2ncc3c(=O)n(CC4CCN(C(=O)[C@@H]5CCN(C(=O)OC(C)(C)C)C[C@H]5c5ccccc5)CC4)cnc32)cc1. The van der Waals surface area contributed by atoms with Crippen LogP contribution in [0.3, 0.4) is 0 Å². The lowest BCUT2D eigenvalue weighted by atomic mass is 9.79. The number of hydrogen-bond donors (Lipinski definition) is 0. The molecule has 0 saturated carbocycles. The molecule has 2 fully saturated rings. The molecule has 0 radical (unpaired) electrons. The Labute approximate surface area is 268 Å². The van der Waals surface area contributed by atoms with Crippen LogP contribution < -0.4 is 10.3 Å². The number of ether oxygens (including phenoxy) is 2. The van der Waals surface area contributed by atoms with E-state index in [1.165, 1.54) is 0 Å². The van der Waals surface area contributed by atoms with Crippen LogP contribution in [0.2, 0.25) is 0 Å². The van der Waals surface area contributed by atoms with Crippen molar-refractivity contribution in [3.05, 3.63) is 83.0 Å². The van der Waals surface area contributed by atoms with Crippen LogP contribution in [-0.4, -0.2) is 80.0 Å². The van der Waals surface area contributed by atoms with Crippen molar-refractivity contribution in [3.8, 4) is 11.4 Å². The van der Waals surface area contributed by atoms with Crippen molar-refractivity contribution in [1.29, 1.82) is 0 Å². The molecule has 46 heavy (non-hydrogen) atoms. The molecule has 0 aliphatic carbocycles. The van der Waals surface area contributed by atoms with E-state index in [0.717, 1.165) is 29.8 Å². The van der Waals surface area contributed by atoms with Gasteiger partial charge in [0.05, 0.1) is 25.3 Å². The van der Waals surface area contributed by atoms with Gasteiger partial charge in [-0.05, 0) is 75.8 Å². The molecule has 2 aliphatic heterocycles. The van der Waals surface area contributed by atoms with Crippen LogP contribution in [0.15, 0.2) is 71.9 Å². The van der Waals surface area contributed by atoms with Gasteiger partial charge in [0.2, 0.25) is 5.91 Å². The van der Waals surface area contributed by atoms with Crippen LogP contribution in [0.5, 0.6) is 5.75 Å². The number of methoxy groups -OCH3 is 1. The van der Waals surface area contributed by atoms with Crippen molar-refractivity contribution in [2.75, 3.05) is 33.3 Å². The minimum Gasteiger partial charge on any atom is -0.497 e. The Balaban J connectivity index is 1.10. The maximum Gasteiger partial charge on any atom is 0.410 e. The lowest BCUT2D eigenvalue weighted by molar-refractivity contribution is -0.139. The molecule has 4 heterocycles. The molecule has 0 spiro atoms. The molecule has 4 aromatic rings. The van der Waals surface area contributed by atoms with Gasteiger partial charge in [-0.3, -0.25) is 14.2 Å². The van der Waals surface area contributed by atoms with Gasteiger partial charge in [0.25, 0.3) is 5.56 Å². The monoisotopic (exact) mass is 626 g/mol. The number of fused-ring (bicyclic) bond motifs is 1. The molecular formula is C35H42N6O5. The van der Waals surface area contributed by atoms with Crippen LogP contribution in [-0.2, 0) is 16.1 Å². The Morgan fingerprint density at radius 2 is 1.63 bits per heavy atom. The minimum atomic E-state index is -0.581. The number of aromatic nitrogens is 4. The first-order valence-corrected chi connectivity index (χ1v) is 16.0. The highest BCUT2D eigenvalue weighted by Gasteiger charge is 2.40. The summed E-state index contributed by atoms with van der Waals surface area (Å²) in [6, 6.07) is 17.4. The third kappa shape index (κ3) is 6.63. The average Bonchev–Trinajstić information content (AvgIpc) is 3.50. The van der Waals surface area contributed by atoms with E-state index >= 15 is 0 Å². The van der Waals surface area contributed by atoms with Gasteiger partial charge < -0.3 is 19.3 Å². The Bertz CT molecular complexity index is 1740. The van der Waals surface area contributed by atoms with E-state index in [9.17, 15) is 14.4 Å². The van der Waals surface area contributed by atoms with Crippen molar-refractivity contribution in [3.63, 3.8) is 0 Å². The first-order chi connectivity index (χ1) is 22.1. The molecule has 2 aromatic carbocycles. The molecule has 242 valence electrons. The summed E-state index contributed by atoms with van der Waals surface area (Å²) < 4.78 is 14.2. The molecule has 2 aromatic heterocycles. The number of likely N-dealkylation sites (tertiary alicyclic amines) is 2. The van der Waals surface area contributed by atoms with Crippen LogP contribution >= 0.6 is 0 Å². The summed E-state index contributed by atoms with van der Waals surface area (Å²) in [7, 11) is 1.62. The van der Waals surface area contributed by atoms with Gasteiger partial charge in [-0.1, -0.05) is 30.3 Å². The summed E-state index contributed by atoms with van der Waals surface area (Å²) in [5.41, 5.74) is 1.66. The predicted octanol–water partition coefficient (Wildman–Crippen LogP) is 4.87. The largest absolute Gasteiger partial charge is 0.497 e. The van der Waals surface area contributed by atoms with Gasteiger partial charge in [-0.25, -0.2) is 14.5 Å². The van der Waals surface area contributed by atoms with E-state index in [-0.39, 0.29) is 35.3 Å². The number of benzene rings is 2. The van der Waals surface area contributed by atoms with Gasteiger partial charge in [0, 0.05) is 44.6 Å². The number of hydrogen-bond acceptors (Lipinski definition) is 7. The van der Waals surface area contributed by atoms with E-state index in [4.69, 9.17) is 9.47 Å². The zero-order valence-corrected chi connectivity index (χ0v) is 27.0. The minimum absolute atomic E-state index is 0.108. The summed E-state index contributed by atoms with van der Waals surface area (Å²) in [5, 5.41) is 4.90. The number of amides is 2. The summed E-state index contributed by atoms with van der Waals surface area (Å²) in [6.07, 6.45) is 5.03. The Hall–Kier alpha value is -4.67. The van der Waals surface area contributed by atoms with E-state index in [1.54, 1.807) is 33.8 Å². The molecule has 6 rings (SSSR count). The van der Waals surface area contributed by atoms with E-state index in [0.29, 0.717) is 50.2 Å². The average molecular weight is 627 g/mol. The van der Waals surface area contributed by atoms with Gasteiger partial charge in [0.1, 0.15) is 16.7 Å². The molecule has 2 saturated heterocycles. The normalized spacial score (nSPS) is 19.3. The lowest BCUT2D eigenvalue weighted by Crippen LogP contribution is -2.50. The van der Waals surface area contributed by atoms with Crippen LogP contribution in [0.25, 0.3) is 16.7 Å². The number of carbonyl (C=O) groups is 2. The van der Waals surface area contributed by atoms with Crippen molar-refractivity contribution >= 4 is 23.0 Å². The summed E-state index contributed by atoms with van der Waals surface area (Å²) in [4.78, 5) is 48.6. The van der Waals surface area contributed by atoms with Crippen LogP contribution in [0, 0.1) is 11.8 Å². The maximum atomic E-state index is 14.0. The Morgan fingerprint density at radius 1 is 0.935 bits per heavy atom. The van der Waals surface area contributed by atoms with Gasteiger partial charge >= 0.3 is 6.09 Å². The van der Waals surface area contributed by atoms with Gasteiger partial charge in [0.15, 0.2) is 5.65 Å². The number of piperidine rings is 2. The van der Waals surface area contributed by atoms with Crippen LogP contribution in [0.4, 0.5) is 4.79 Å². The molecule has 0 bridgehead atoms. The van der Waals surface area contributed by atoms with Crippen molar-refractivity contribution < 1.29 is 19.1 Å². The smallest absolute Gasteiger partial charge is 0.410 e. The van der Waals surface area contributed by atoms with E-state index in [1.807, 2.05) is 80.3 Å². The van der Waals surface area contributed by atoms with Crippen molar-refractivity contribution in [2.24, 2.45) is 11.8 Å². The quantitative estimate of drug-likeness (QED) is 0.300. The van der Waals surface area contributed by atoms with Crippen LogP contribution in [0.1, 0.15) is 51.5 Å². The second kappa shape index (κ2) is 13.0. The third-order valence-corrected chi connectivity index (χ3v) is 9.06. The Morgan fingerprint density at radius 3 is 2.30 bits per heavy atom. The second-order valence-corrected chi connectivity index (χ2v) is 13.3. The number of nitrogens with zero attached hydrogens (tertiary/aromatic N) is 6. The molecule has 2 aliphatic rings. The molecular weight excluding hydrogens is 584 g/mol. The first-order valence-electron chi connectivity index (χ1n) is 16.0. The summed E-state index contributed by atoms with van der Waals surface area (Å²) >= 11 is 0. The molecule has 2 atom stereocenters. The van der Waals surface area contributed by atoms with Gasteiger partial charge in [-0.2, -0.15) is 5.10 Å². The van der Waals surface area contributed by atoms with E-state index < -0.39 is 5.60 Å². The fourth-order valence-electron chi connectivity index (χ4n) is 6.62. The third-order valence-electron chi connectivity index (χ3n) is 9.06. The molecule has 11 nitrogen and oxygen atoms in total. The molecule has 11 heteroatoms. The molecule has 0 unspecified atom stereocenters. The number of rotatable bonds is 6.